The summed E-state index contributed by atoms with van der Waals surface area (Å²) in [5.74, 6) is -20.8. The second kappa shape index (κ2) is 9.36. The fraction of sp³-hybridized carbons (Fsp3) is 0.286. The van der Waals surface area contributed by atoms with Gasteiger partial charge in [0.15, 0.2) is 0 Å². The van der Waals surface area contributed by atoms with E-state index in [2.05, 4.69) is 0 Å². The maximum Gasteiger partial charge on any atom is 0.460 e. The molecule has 2 aromatic carbocycles. The molecule has 0 fully saturated rings. The molecule has 0 aliphatic heterocycles. The van der Waals surface area contributed by atoms with Crippen LogP contribution in [0.4, 0.5) is 39.5 Å². The number of hydrogen-bond donors (Lipinski definition) is 0. The van der Waals surface area contributed by atoms with Crippen LogP contribution in [-0.4, -0.2) is 36.5 Å². The lowest BCUT2D eigenvalue weighted by molar-refractivity contribution is -0.397. The number of carboxylic acids is 1. The number of carbonyl (C=O) groups excluding carboxylic acids is 1. The van der Waals surface area contributed by atoms with Gasteiger partial charge in [-0.3, -0.25) is 0 Å². The molecule has 0 N–H and O–H groups in total. The number of ether oxygens (including phenoxy) is 1. The van der Waals surface area contributed by atoms with Crippen molar-refractivity contribution in [2.24, 2.45) is 0 Å². The molecule has 12 heteroatoms. The number of aliphatic carboxylic acids is 1. The van der Waals surface area contributed by atoms with Crippen LogP contribution >= 0.6 is 0 Å². The first-order valence-corrected chi connectivity index (χ1v) is 9.01. The van der Waals surface area contributed by atoms with E-state index in [1.54, 1.807) is 24.3 Å². The van der Waals surface area contributed by atoms with Crippen LogP contribution in [0, 0.1) is 0 Å². The predicted molar refractivity (Wildman–Crippen MR) is 96.9 cm³/mol. The molecule has 3 nitrogen and oxygen atoms in total. The topological polar surface area (TPSA) is 49.4 Å². The summed E-state index contributed by atoms with van der Waals surface area (Å²) in [7, 11) is 0. The van der Waals surface area contributed by atoms with Crippen molar-refractivity contribution in [2.45, 2.75) is 30.4 Å². The highest BCUT2D eigenvalue weighted by molar-refractivity contribution is 5.83. The molecule has 0 atom stereocenters. The van der Waals surface area contributed by atoms with Gasteiger partial charge in [-0.2, -0.15) is 39.5 Å². The maximum absolute atomic E-state index is 13.5. The summed E-state index contributed by atoms with van der Waals surface area (Å²) >= 11 is 0. The zero-order valence-corrected chi connectivity index (χ0v) is 16.3. The van der Waals surface area contributed by atoms with E-state index in [9.17, 15) is 49.4 Å². The summed E-state index contributed by atoms with van der Waals surface area (Å²) in [6.07, 6.45) is -6.81. The minimum absolute atomic E-state index is 0.117. The standard InChI is InChI=1S/C21H15F9O3/c22-18(23,19(24,25)20(26,27)21(28,29)30)11-12-33-16-8-6-15(7-9-16)14-4-1-13(2-5-14)3-10-17(31)32/h1-10H,11-12H2,(H,31,32)/p-1/b10-3+. The third-order valence-corrected chi connectivity index (χ3v) is 4.40. The van der Waals surface area contributed by atoms with Gasteiger partial charge in [0.1, 0.15) is 5.75 Å². The lowest BCUT2D eigenvalue weighted by Gasteiger charge is -2.33. The Morgan fingerprint density at radius 1 is 0.788 bits per heavy atom. The van der Waals surface area contributed by atoms with Crippen molar-refractivity contribution in [1.82, 2.24) is 0 Å². The summed E-state index contributed by atoms with van der Waals surface area (Å²) in [5, 5.41) is 10.4. The van der Waals surface area contributed by atoms with Crippen molar-refractivity contribution in [2.75, 3.05) is 6.61 Å². The summed E-state index contributed by atoms with van der Waals surface area (Å²) in [4.78, 5) is 10.4. The average Bonchev–Trinajstić information content (AvgIpc) is 2.72. The van der Waals surface area contributed by atoms with Gasteiger partial charge in [0.25, 0.3) is 0 Å². The molecule has 0 aliphatic carbocycles. The van der Waals surface area contributed by atoms with Gasteiger partial charge in [-0.15, -0.1) is 0 Å². The fourth-order valence-corrected chi connectivity index (χ4v) is 2.56. The minimum Gasteiger partial charge on any atom is -0.545 e. The number of alkyl halides is 9. The highest BCUT2D eigenvalue weighted by Gasteiger charge is 2.81. The highest BCUT2D eigenvalue weighted by Crippen LogP contribution is 2.53. The van der Waals surface area contributed by atoms with Crippen LogP contribution in [0.5, 0.6) is 5.75 Å². The van der Waals surface area contributed by atoms with E-state index in [1.165, 1.54) is 30.3 Å². The minimum atomic E-state index is -6.93. The molecule has 2 rings (SSSR count). The van der Waals surface area contributed by atoms with Gasteiger partial charge in [0.2, 0.25) is 0 Å². The van der Waals surface area contributed by atoms with Gasteiger partial charge in [-0.25, -0.2) is 0 Å². The van der Waals surface area contributed by atoms with Gasteiger partial charge in [-0.05, 0) is 34.9 Å². The number of carbonyl (C=O) groups is 1. The summed E-state index contributed by atoms with van der Waals surface area (Å²) in [6, 6.07) is 11.9. The Bertz CT molecular complexity index is 980. The maximum atomic E-state index is 13.5. The number of rotatable bonds is 9. The second-order valence-electron chi connectivity index (χ2n) is 6.75. The van der Waals surface area contributed by atoms with Crippen molar-refractivity contribution in [1.29, 1.82) is 0 Å². The molecule has 180 valence electrons. The molecule has 0 radical (unpaired) electrons. The van der Waals surface area contributed by atoms with Gasteiger partial charge in [-0.1, -0.05) is 42.5 Å². The van der Waals surface area contributed by atoms with Crippen LogP contribution in [-0.2, 0) is 4.79 Å². The second-order valence-corrected chi connectivity index (χ2v) is 6.75. The zero-order valence-electron chi connectivity index (χ0n) is 16.3. The van der Waals surface area contributed by atoms with Gasteiger partial charge in [0, 0.05) is 0 Å². The van der Waals surface area contributed by atoms with Gasteiger partial charge < -0.3 is 14.6 Å². The van der Waals surface area contributed by atoms with E-state index in [4.69, 9.17) is 4.74 Å². The monoisotopic (exact) mass is 485 g/mol. The molecule has 0 spiro atoms. The SMILES string of the molecule is O=C([O-])/C=C/c1ccc(-c2ccc(OCCC(F)(F)C(F)(F)C(F)(F)C(F)(F)F)cc2)cc1. The van der Waals surface area contributed by atoms with Crippen LogP contribution in [0.25, 0.3) is 17.2 Å². The smallest absolute Gasteiger partial charge is 0.460 e. The van der Waals surface area contributed by atoms with Crippen LogP contribution < -0.4 is 9.84 Å². The number of halogens is 9. The van der Waals surface area contributed by atoms with E-state index in [1.807, 2.05) is 0 Å². The summed E-state index contributed by atoms with van der Waals surface area (Å²) in [5.41, 5.74) is 1.82. The van der Waals surface area contributed by atoms with Crippen molar-refractivity contribution in [3.63, 3.8) is 0 Å². The Morgan fingerprint density at radius 2 is 1.27 bits per heavy atom. The van der Waals surface area contributed by atoms with Crippen molar-refractivity contribution in [3.8, 4) is 16.9 Å². The molecule has 0 unspecified atom stereocenters. The lowest BCUT2D eigenvalue weighted by atomic mass is 10.0. The normalized spacial score (nSPS) is 13.4. The van der Waals surface area contributed by atoms with Crippen molar-refractivity contribution in [3.05, 3.63) is 60.2 Å². The number of benzene rings is 2. The van der Waals surface area contributed by atoms with E-state index in [0.717, 1.165) is 6.08 Å². The average molecular weight is 485 g/mol. The van der Waals surface area contributed by atoms with Crippen LogP contribution in [0.1, 0.15) is 12.0 Å². The quantitative estimate of drug-likeness (QED) is 0.355. The predicted octanol–water partition coefficient (Wildman–Crippen LogP) is 5.35. The Morgan fingerprint density at radius 3 is 1.73 bits per heavy atom. The molecule has 0 saturated heterocycles. The van der Waals surface area contributed by atoms with Crippen LogP contribution in [0.2, 0.25) is 0 Å². The van der Waals surface area contributed by atoms with Crippen molar-refractivity contribution >= 4 is 12.0 Å². The van der Waals surface area contributed by atoms with E-state index in [0.29, 0.717) is 16.7 Å². The molecule has 0 heterocycles. The third kappa shape index (κ3) is 5.79. The lowest BCUT2D eigenvalue weighted by Crippen LogP contribution is -2.61. The van der Waals surface area contributed by atoms with Gasteiger partial charge >= 0.3 is 23.9 Å². The summed E-state index contributed by atoms with van der Waals surface area (Å²) in [6.45, 7) is -1.25. The molecule has 0 bridgehead atoms. The van der Waals surface area contributed by atoms with E-state index < -0.39 is 42.9 Å². The first kappa shape index (κ1) is 26.1. The first-order valence-electron chi connectivity index (χ1n) is 9.01. The Labute approximate surface area is 181 Å². The molecule has 0 aliphatic rings. The van der Waals surface area contributed by atoms with E-state index >= 15 is 0 Å². The number of hydrogen-bond acceptors (Lipinski definition) is 3. The summed E-state index contributed by atoms with van der Waals surface area (Å²) < 4.78 is 120. The van der Waals surface area contributed by atoms with E-state index in [-0.39, 0.29) is 5.75 Å². The molecule has 2 aromatic rings. The molecule has 0 aromatic heterocycles. The zero-order chi connectivity index (χ0) is 25.1. The van der Waals surface area contributed by atoms with Crippen LogP contribution in [0.3, 0.4) is 0 Å². The third-order valence-electron chi connectivity index (χ3n) is 4.40. The highest BCUT2D eigenvalue weighted by atomic mass is 19.4. The molecular weight excluding hydrogens is 471 g/mol. The molecular formula is C21H14F9O3-. The Balaban J connectivity index is 2.01. The molecule has 0 amide bonds. The van der Waals surface area contributed by atoms with Crippen LogP contribution in [0.15, 0.2) is 54.6 Å². The first-order chi connectivity index (χ1) is 15.1. The van der Waals surface area contributed by atoms with Gasteiger partial charge in [0.05, 0.1) is 19.0 Å². The Kier molecular flexibility index (Phi) is 7.39. The molecule has 33 heavy (non-hydrogen) atoms. The number of carboxylic acid groups (broad SMARTS) is 1. The molecule has 0 saturated carbocycles. The fourth-order valence-electron chi connectivity index (χ4n) is 2.56. The largest absolute Gasteiger partial charge is 0.545 e. The Hall–Kier alpha value is -3.18. The van der Waals surface area contributed by atoms with Crippen molar-refractivity contribution < 1.29 is 54.2 Å².